The molecular weight excluding hydrogens is 304 g/mol. The summed E-state index contributed by atoms with van der Waals surface area (Å²) in [5.41, 5.74) is 0.583. The highest BCUT2D eigenvalue weighted by Gasteiger charge is 2.30. The summed E-state index contributed by atoms with van der Waals surface area (Å²) in [6.45, 7) is 0. The molecule has 0 fully saturated rings. The van der Waals surface area contributed by atoms with Crippen molar-refractivity contribution in [2.75, 3.05) is 14.2 Å². The molecule has 106 valence electrons. The Kier molecular flexibility index (Phi) is 3.82. The van der Waals surface area contributed by atoms with Crippen LogP contribution in [-0.2, 0) is 19.7 Å². The molecule has 0 amide bonds. The fourth-order valence-corrected chi connectivity index (χ4v) is 2.64. The Morgan fingerprint density at radius 1 is 1.30 bits per heavy atom. The van der Waals surface area contributed by atoms with E-state index in [2.05, 4.69) is 9.13 Å². The highest BCUT2D eigenvalue weighted by atomic mass is 35.5. The number of hydrogen-bond acceptors (Lipinski definition) is 4. The van der Waals surface area contributed by atoms with E-state index in [0.717, 1.165) is 4.31 Å². The fourth-order valence-electron chi connectivity index (χ4n) is 1.61. The number of hydrogen-bond donors (Lipinski definition) is 0. The van der Waals surface area contributed by atoms with Gasteiger partial charge in [-0.05, 0) is 18.2 Å². The first-order chi connectivity index (χ1) is 9.35. The first kappa shape index (κ1) is 14.5. The van der Waals surface area contributed by atoms with Crippen LogP contribution in [-0.4, -0.2) is 38.6 Å². The first-order valence-corrected chi connectivity index (χ1v) is 7.27. The van der Waals surface area contributed by atoms with Crippen LogP contribution in [0.15, 0.2) is 40.4 Å². The second kappa shape index (κ2) is 5.26. The van der Waals surface area contributed by atoms with Crippen LogP contribution in [0, 0.1) is 0 Å². The van der Waals surface area contributed by atoms with Crippen LogP contribution in [0.5, 0.6) is 0 Å². The second-order valence-corrected chi connectivity index (χ2v) is 6.01. The number of allylic oxidation sites excluding steroid dienone is 1. The van der Waals surface area contributed by atoms with Gasteiger partial charge in [-0.3, -0.25) is 0 Å². The zero-order valence-electron chi connectivity index (χ0n) is 10.7. The molecular formula is C12H11ClN2O4S. The molecule has 0 saturated heterocycles. The Bertz CT molecular complexity index is 707. The maximum absolute atomic E-state index is 11.9. The Morgan fingerprint density at radius 2 is 1.90 bits per heavy atom. The van der Waals surface area contributed by atoms with Gasteiger partial charge in [0.05, 0.1) is 12.8 Å². The number of benzene rings is 1. The molecule has 1 heterocycles. The van der Waals surface area contributed by atoms with E-state index >= 15 is 0 Å². The summed E-state index contributed by atoms with van der Waals surface area (Å²) >= 11 is 5.78. The van der Waals surface area contributed by atoms with E-state index < -0.39 is 16.2 Å². The van der Waals surface area contributed by atoms with Gasteiger partial charge in [0, 0.05) is 17.6 Å². The molecule has 2 rings (SSSR count). The Hall–Kier alpha value is -1.86. The summed E-state index contributed by atoms with van der Waals surface area (Å²) in [6.07, 6.45) is 1.36. The van der Waals surface area contributed by atoms with Crippen molar-refractivity contribution in [3.05, 3.63) is 46.6 Å². The Balaban J connectivity index is 2.55. The number of halogens is 1. The molecule has 1 aliphatic heterocycles. The van der Waals surface area contributed by atoms with E-state index in [9.17, 15) is 13.2 Å². The van der Waals surface area contributed by atoms with E-state index in [1.807, 2.05) is 0 Å². The van der Waals surface area contributed by atoms with Gasteiger partial charge in [0.25, 0.3) is 0 Å². The van der Waals surface area contributed by atoms with Gasteiger partial charge in [0.2, 0.25) is 0 Å². The van der Waals surface area contributed by atoms with Crippen LogP contribution in [0.2, 0.25) is 5.02 Å². The molecule has 1 aromatic carbocycles. The van der Waals surface area contributed by atoms with Crippen molar-refractivity contribution >= 4 is 33.5 Å². The number of rotatable bonds is 2. The van der Waals surface area contributed by atoms with Gasteiger partial charge >= 0.3 is 16.2 Å². The molecule has 6 nitrogen and oxygen atoms in total. The molecule has 8 heteroatoms. The van der Waals surface area contributed by atoms with Gasteiger partial charge < -0.3 is 4.74 Å². The number of carbonyl (C=O) groups excluding carboxylic acids is 1. The number of esters is 1. The van der Waals surface area contributed by atoms with Crippen LogP contribution in [0.4, 0.5) is 0 Å². The van der Waals surface area contributed by atoms with Crippen LogP contribution >= 0.6 is 11.6 Å². The molecule has 0 spiro atoms. The van der Waals surface area contributed by atoms with Crippen LogP contribution in [0.1, 0.15) is 5.56 Å². The molecule has 0 N–H and O–H groups in total. The molecule has 1 aliphatic rings. The molecule has 1 aromatic rings. The summed E-state index contributed by atoms with van der Waals surface area (Å²) in [6, 6.07) is 6.45. The minimum Gasteiger partial charge on any atom is -0.464 e. The highest BCUT2D eigenvalue weighted by molar-refractivity contribution is 7.88. The predicted octanol–water partition coefficient (Wildman–Crippen LogP) is 1.38. The Morgan fingerprint density at radius 3 is 2.45 bits per heavy atom. The van der Waals surface area contributed by atoms with Gasteiger partial charge in [-0.25, -0.2) is 9.10 Å². The van der Waals surface area contributed by atoms with Gasteiger partial charge in [-0.15, -0.1) is 4.40 Å². The van der Waals surface area contributed by atoms with Gasteiger partial charge in [-0.2, -0.15) is 8.42 Å². The third-order valence-electron chi connectivity index (χ3n) is 2.71. The minimum atomic E-state index is -3.95. The SMILES string of the molecule is COC(=O)C1=CC(c2ccc(Cl)cc2)=NS(=O)(=O)N1C. The van der Waals surface area contributed by atoms with Crippen molar-refractivity contribution in [3.63, 3.8) is 0 Å². The molecule has 0 aromatic heterocycles. The summed E-state index contributed by atoms with van der Waals surface area (Å²) in [5.74, 6) is -0.752. The Labute approximate surface area is 121 Å². The van der Waals surface area contributed by atoms with E-state index in [1.54, 1.807) is 24.3 Å². The van der Waals surface area contributed by atoms with Crippen molar-refractivity contribution in [1.82, 2.24) is 4.31 Å². The van der Waals surface area contributed by atoms with Gasteiger partial charge in [-0.1, -0.05) is 23.7 Å². The molecule has 0 radical (unpaired) electrons. The summed E-state index contributed by atoms with van der Waals surface area (Å²) in [5, 5.41) is 0.516. The summed E-state index contributed by atoms with van der Waals surface area (Å²) < 4.78 is 32.8. The average molecular weight is 315 g/mol. The standard InChI is InChI=1S/C12H11ClN2O4S/c1-15-11(12(16)19-2)7-10(14-20(15,17)18)8-3-5-9(13)6-4-8/h3-7H,1-2H3. The fraction of sp³-hybridized carbons (Fsp3) is 0.167. The molecule has 0 bridgehead atoms. The lowest BCUT2D eigenvalue weighted by atomic mass is 10.1. The predicted molar refractivity (Wildman–Crippen MR) is 74.8 cm³/mol. The van der Waals surface area contributed by atoms with Crippen LogP contribution in [0.3, 0.4) is 0 Å². The molecule has 0 atom stereocenters. The lowest BCUT2D eigenvalue weighted by Crippen LogP contribution is -2.33. The van der Waals surface area contributed by atoms with Crippen molar-refractivity contribution in [1.29, 1.82) is 0 Å². The maximum Gasteiger partial charge on any atom is 0.355 e. The van der Waals surface area contributed by atoms with Crippen molar-refractivity contribution in [2.45, 2.75) is 0 Å². The zero-order valence-corrected chi connectivity index (χ0v) is 12.3. The van der Waals surface area contributed by atoms with E-state index in [1.165, 1.54) is 20.2 Å². The topological polar surface area (TPSA) is 76.0 Å². The van der Waals surface area contributed by atoms with Crippen molar-refractivity contribution < 1.29 is 17.9 Å². The first-order valence-electron chi connectivity index (χ1n) is 5.50. The normalized spacial score (nSPS) is 17.2. The van der Waals surface area contributed by atoms with Crippen LogP contribution in [0.25, 0.3) is 0 Å². The third-order valence-corrected chi connectivity index (χ3v) is 4.28. The third kappa shape index (κ3) is 2.68. The molecule has 0 unspecified atom stereocenters. The monoisotopic (exact) mass is 314 g/mol. The molecule has 0 saturated carbocycles. The smallest absolute Gasteiger partial charge is 0.355 e. The van der Waals surface area contributed by atoms with Gasteiger partial charge in [0.15, 0.2) is 0 Å². The van der Waals surface area contributed by atoms with Gasteiger partial charge in [0.1, 0.15) is 5.70 Å². The zero-order chi connectivity index (χ0) is 14.9. The number of likely N-dealkylation sites (N-methyl/N-ethyl adjacent to an activating group) is 1. The van der Waals surface area contributed by atoms with Crippen molar-refractivity contribution in [3.8, 4) is 0 Å². The van der Waals surface area contributed by atoms with E-state index in [0.29, 0.717) is 10.6 Å². The largest absolute Gasteiger partial charge is 0.464 e. The maximum atomic E-state index is 11.9. The highest BCUT2D eigenvalue weighted by Crippen LogP contribution is 2.21. The van der Waals surface area contributed by atoms with Crippen LogP contribution < -0.4 is 0 Å². The van der Waals surface area contributed by atoms with E-state index in [-0.39, 0.29) is 11.4 Å². The van der Waals surface area contributed by atoms with Crippen molar-refractivity contribution in [2.24, 2.45) is 4.40 Å². The number of nitrogens with zero attached hydrogens (tertiary/aromatic N) is 2. The number of carbonyl (C=O) groups is 1. The average Bonchev–Trinajstić information content (AvgIpc) is 2.41. The summed E-state index contributed by atoms with van der Waals surface area (Å²) in [7, 11) is -1.54. The summed E-state index contributed by atoms with van der Waals surface area (Å²) in [4.78, 5) is 11.6. The number of methoxy groups -OCH3 is 1. The lowest BCUT2D eigenvalue weighted by molar-refractivity contribution is -0.137. The quantitative estimate of drug-likeness (QED) is 0.773. The molecule has 0 aliphatic carbocycles. The second-order valence-electron chi connectivity index (χ2n) is 3.95. The number of ether oxygens (including phenoxy) is 1. The van der Waals surface area contributed by atoms with E-state index in [4.69, 9.17) is 11.6 Å². The minimum absolute atomic E-state index is 0.104. The lowest BCUT2D eigenvalue weighted by Gasteiger charge is -2.22. The molecule has 20 heavy (non-hydrogen) atoms.